The van der Waals surface area contributed by atoms with Gasteiger partial charge in [-0.05, 0) is 79.1 Å². The molecule has 2 nitrogen and oxygen atoms in total. The second kappa shape index (κ2) is 4.47. The first kappa shape index (κ1) is 14.9. The molecule has 0 spiro atoms. The maximum atomic E-state index is 11.9. The Hall–Kier alpha value is -0.630. The number of fused-ring (bicyclic) bond motifs is 5. The van der Waals surface area contributed by atoms with E-state index in [-0.39, 0.29) is 16.9 Å². The van der Waals surface area contributed by atoms with Crippen LogP contribution < -0.4 is 0 Å². The lowest BCUT2D eigenvalue weighted by Gasteiger charge is -2.63. The molecule has 0 aromatic rings. The van der Waals surface area contributed by atoms with Crippen molar-refractivity contribution in [3.8, 4) is 0 Å². The number of carbonyl (C=O) groups excluding carboxylic acids is 1. The lowest BCUT2D eigenvalue weighted by atomic mass is 9.41. The van der Waals surface area contributed by atoms with Crippen molar-refractivity contribution in [3.05, 3.63) is 11.6 Å². The van der Waals surface area contributed by atoms with Gasteiger partial charge in [-0.2, -0.15) is 0 Å². The highest BCUT2D eigenvalue weighted by molar-refractivity contribution is 5.91. The molecule has 0 radical (unpaired) electrons. The molecule has 4 rings (SSSR count). The van der Waals surface area contributed by atoms with Crippen LogP contribution in [0.2, 0.25) is 0 Å². The Bertz CT molecular complexity index is 550. The van der Waals surface area contributed by atoms with Crippen LogP contribution in [0.15, 0.2) is 11.6 Å². The molecule has 6 atom stereocenters. The van der Waals surface area contributed by atoms with Crippen LogP contribution in [0.1, 0.15) is 72.1 Å². The Labute approximate surface area is 134 Å². The van der Waals surface area contributed by atoms with Crippen molar-refractivity contribution in [3.63, 3.8) is 0 Å². The van der Waals surface area contributed by atoms with Crippen LogP contribution >= 0.6 is 0 Å². The highest BCUT2D eigenvalue weighted by Gasteiger charge is 2.63. The van der Waals surface area contributed by atoms with Crippen molar-refractivity contribution in [1.82, 2.24) is 0 Å². The average Bonchev–Trinajstić information content (AvgIpc) is 2.77. The molecule has 1 N–H and O–H groups in total. The number of hydrogen-bond acceptors (Lipinski definition) is 2. The second-order valence-electron chi connectivity index (χ2n) is 9.30. The molecule has 0 aromatic carbocycles. The minimum atomic E-state index is -0.104. The van der Waals surface area contributed by atoms with E-state index >= 15 is 0 Å². The summed E-state index contributed by atoms with van der Waals surface area (Å²) in [5.74, 6) is 1.69. The summed E-state index contributed by atoms with van der Waals surface area (Å²) >= 11 is 0. The maximum absolute atomic E-state index is 11.9. The van der Waals surface area contributed by atoms with Crippen LogP contribution in [0, 0.1) is 28.1 Å². The highest BCUT2D eigenvalue weighted by atomic mass is 16.3. The third kappa shape index (κ3) is 1.68. The van der Waals surface area contributed by atoms with Crippen LogP contribution in [0.4, 0.5) is 0 Å². The van der Waals surface area contributed by atoms with Gasteiger partial charge in [-0.1, -0.05) is 26.3 Å². The van der Waals surface area contributed by atoms with Crippen molar-refractivity contribution in [1.29, 1.82) is 0 Å². The molecular formula is C20H30O2. The smallest absolute Gasteiger partial charge is 0.155 e. The molecule has 22 heavy (non-hydrogen) atoms. The molecule has 4 aliphatic rings. The van der Waals surface area contributed by atoms with Crippen LogP contribution in [0.5, 0.6) is 0 Å². The number of ketones is 1. The minimum absolute atomic E-state index is 0.104. The summed E-state index contributed by atoms with van der Waals surface area (Å²) < 4.78 is 0. The number of aliphatic hydroxyl groups is 1. The van der Waals surface area contributed by atoms with E-state index in [9.17, 15) is 9.90 Å². The summed E-state index contributed by atoms with van der Waals surface area (Å²) in [6.07, 6.45) is 10.5. The van der Waals surface area contributed by atoms with Crippen molar-refractivity contribution in [2.24, 2.45) is 28.1 Å². The van der Waals surface area contributed by atoms with E-state index in [4.69, 9.17) is 0 Å². The average molecular weight is 302 g/mol. The number of aliphatic hydroxyl groups excluding tert-OH is 1. The van der Waals surface area contributed by atoms with Crippen molar-refractivity contribution in [2.45, 2.75) is 78.2 Å². The largest absolute Gasteiger partial charge is 0.393 e. The van der Waals surface area contributed by atoms with Gasteiger partial charge in [0.1, 0.15) is 0 Å². The van der Waals surface area contributed by atoms with E-state index in [2.05, 4.69) is 20.8 Å². The minimum Gasteiger partial charge on any atom is -0.393 e. The fourth-order valence-electron chi connectivity index (χ4n) is 7.20. The first-order chi connectivity index (χ1) is 10.3. The van der Waals surface area contributed by atoms with Gasteiger partial charge in [-0.25, -0.2) is 0 Å². The van der Waals surface area contributed by atoms with E-state index in [1.165, 1.54) is 24.8 Å². The summed E-state index contributed by atoms with van der Waals surface area (Å²) in [7, 11) is 0. The van der Waals surface area contributed by atoms with E-state index < -0.39 is 0 Å². The van der Waals surface area contributed by atoms with Gasteiger partial charge in [-0.15, -0.1) is 0 Å². The molecule has 0 heterocycles. The molecule has 122 valence electrons. The molecule has 0 amide bonds. The maximum Gasteiger partial charge on any atom is 0.155 e. The van der Waals surface area contributed by atoms with Gasteiger partial charge < -0.3 is 5.11 Å². The molecule has 0 aliphatic heterocycles. The van der Waals surface area contributed by atoms with Gasteiger partial charge in [-0.3, -0.25) is 4.79 Å². The van der Waals surface area contributed by atoms with Gasteiger partial charge in [0, 0.05) is 6.42 Å². The van der Waals surface area contributed by atoms with Crippen LogP contribution in [-0.2, 0) is 4.79 Å². The third-order valence-corrected chi connectivity index (χ3v) is 8.51. The fourth-order valence-corrected chi connectivity index (χ4v) is 7.20. The quantitative estimate of drug-likeness (QED) is 0.725. The predicted octanol–water partition coefficient (Wildman–Crippen LogP) is 4.27. The molecule has 0 aromatic heterocycles. The molecule has 6 unspecified atom stereocenters. The van der Waals surface area contributed by atoms with Crippen LogP contribution in [0.25, 0.3) is 0 Å². The van der Waals surface area contributed by atoms with Crippen LogP contribution in [-0.4, -0.2) is 17.0 Å². The van der Waals surface area contributed by atoms with Crippen molar-refractivity contribution in [2.75, 3.05) is 0 Å². The molecule has 2 heteroatoms. The van der Waals surface area contributed by atoms with Crippen molar-refractivity contribution < 1.29 is 9.90 Å². The third-order valence-electron chi connectivity index (χ3n) is 8.51. The van der Waals surface area contributed by atoms with E-state index in [1.54, 1.807) is 0 Å². The normalized spacial score (nSPS) is 54.3. The molecule has 3 saturated carbocycles. The highest BCUT2D eigenvalue weighted by Crippen LogP contribution is 2.70. The lowest BCUT2D eigenvalue weighted by Crippen LogP contribution is -2.56. The van der Waals surface area contributed by atoms with Crippen molar-refractivity contribution >= 4 is 5.78 Å². The zero-order chi connectivity index (χ0) is 15.8. The Morgan fingerprint density at radius 3 is 2.50 bits per heavy atom. The van der Waals surface area contributed by atoms with Gasteiger partial charge in [0.15, 0.2) is 5.78 Å². The molecule has 0 saturated heterocycles. The van der Waals surface area contributed by atoms with Crippen LogP contribution in [0.3, 0.4) is 0 Å². The predicted molar refractivity (Wildman–Crippen MR) is 87.3 cm³/mol. The van der Waals surface area contributed by atoms with Gasteiger partial charge in [0.2, 0.25) is 0 Å². The van der Waals surface area contributed by atoms with E-state index in [0.717, 1.165) is 32.1 Å². The Morgan fingerprint density at radius 2 is 1.73 bits per heavy atom. The number of allylic oxidation sites excluding steroid dienone is 1. The van der Waals surface area contributed by atoms with Gasteiger partial charge >= 0.3 is 0 Å². The lowest BCUT2D eigenvalue weighted by molar-refractivity contribution is -0.133. The molecule has 3 fully saturated rings. The molecule has 0 bridgehead atoms. The van der Waals surface area contributed by atoms with E-state index in [1.807, 2.05) is 6.08 Å². The number of hydrogen-bond donors (Lipinski definition) is 1. The Balaban J connectivity index is 1.76. The summed E-state index contributed by atoms with van der Waals surface area (Å²) in [5, 5.41) is 10.6. The summed E-state index contributed by atoms with van der Waals surface area (Å²) in [4.78, 5) is 11.9. The summed E-state index contributed by atoms with van der Waals surface area (Å²) in [6.45, 7) is 7.28. The second-order valence-corrected chi connectivity index (χ2v) is 9.30. The topological polar surface area (TPSA) is 37.3 Å². The fraction of sp³-hybridized carbons (Fsp3) is 0.850. The summed E-state index contributed by atoms with van der Waals surface area (Å²) in [6, 6.07) is 0. The Kier molecular flexibility index (Phi) is 3.03. The number of carbonyl (C=O) groups is 1. The molecular weight excluding hydrogens is 272 g/mol. The van der Waals surface area contributed by atoms with E-state index in [0.29, 0.717) is 23.0 Å². The standard InChI is InChI=1S/C20H30O2/c1-18-10-7-14(21)12-13(18)6-9-19(2)15-4-5-17(22)20(15,3)11-8-16(18)19/h12,15-17,22H,4-11H2,1-3H3. The number of rotatable bonds is 0. The molecule has 4 aliphatic carbocycles. The first-order valence-electron chi connectivity index (χ1n) is 9.23. The summed E-state index contributed by atoms with van der Waals surface area (Å²) in [5.41, 5.74) is 2.15. The zero-order valence-electron chi connectivity index (χ0n) is 14.3. The SMILES string of the molecule is CC12CCC(=O)C=C1CCC1(C)C2CCC2(C)C(O)CCC21. The first-order valence-corrected chi connectivity index (χ1v) is 9.23. The monoisotopic (exact) mass is 302 g/mol. The zero-order valence-corrected chi connectivity index (χ0v) is 14.3. The Morgan fingerprint density at radius 1 is 0.955 bits per heavy atom. The van der Waals surface area contributed by atoms with Gasteiger partial charge in [0.25, 0.3) is 0 Å². The van der Waals surface area contributed by atoms with Gasteiger partial charge in [0.05, 0.1) is 6.10 Å².